The van der Waals surface area contributed by atoms with E-state index in [1.165, 1.54) is 11.8 Å². The van der Waals surface area contributed by atoms with E-state index >= 15 is 0 Å². The Balaban J connectivity index is 2.10. The van der Waals surface area contributed by atoms with Gasteiger partial charge in [0, 0.05) is 15.4 Å². The van der Waals surface area contributed by atoms with Gasteiger partial charge in [0.25, 0.3) is 5.91 Å². The van der Waals surface area contributed by atoms with Crippen molar-refractivity contribution in [2.24, 2.45) is 0 Å². The van der Waals surface area contributed by atoms with E-state index in [4.69, 9.17) is 11.6 Å². The van der Waals surface area contributed by atoms with Crippen LogP contribution in [0.25, 0.3) is 0 Å². The number of benzene rings is 2. The van der Waals surface area contributed by atoms with Crippen molar-refractivity contribution in [3.05, 3.63) is 57.5 Å². The molecule has 2 rings (SSSR count). The molecule has 0 saturated carbocycles. The minimum atomic E-state index is -0.267. The van der Waals surface area contributed by atoms with Crippen LogP contribution in [-0.4, -0.2) is 23.6 Å². The van der Waals surface area contributed by atoms with Gasteiger partial charge in [-0.25, -0.2) is 0 Å². The maximum atomic E-state index is 12.6. The van der Waals surface area contributed by atoms with E-state index in [1.54, 1.807) is 30.3 Å². The molecule has 0 saturated heterocycles. The Morgan fingerprint density at radius 2 is 1.92 bits per heavy atom. The largest absolute Gasteiger partial charge is 0.353 e. The van der Waals surface area contributed by atoms with Gasteiger partial charge >= 0.3 is 0 Å². The van der Waals surface area contributed by atoms with Gasteiger partial charge in [-0.05, 0) is 44.2 Å². The third-order valence-corrected chi connectivity index (χ3v) is 5.00. The molecule has 2 amide bonds. The summed E-state index contributed by atoms with van der Waals surface area (Å²) < 4.78 is 0.836. The van der Waals surface area contributed by atoms with Crippen LogP contribution in [0.3, 0.4) is 0 Å². The molecular weight excluding hydrogens is 424 g/mol. The summed E-state index contributed by atoms with van der Waals surface area (Å²) in [5, 5.41) is 6.09. The van der Waals surface area contributed by atoms with E-state index in [1.807, 2.05) is 26.0 Å². The number of halogens is 2. The van der Waals surface area contributed by atoms with Gasteiger partial charge in [0.15, 0.2) is 0 Å². The van der Waals surface area contributed by atoms with Crippen LogP contribution in [0.1, 0.15) is 24.2 Å². The van der Waals surface area contributed by atoms with Gasteiger partial charge in [0.05, 0.1) is 22.0 Å². The fourth-order valence-electron chi connectivity index (χ4n) is 2.07. The van der Waals surface area contributed by atoms with Crippen LogP contribution in [-0.2, 0) is 4.79 Å². The molecule has 0 atom stereocenters. The van der Waals surface area contributed by atoms with E-state index in [0.29, 0.717) is 16.3 Å². The van der Waals surface area contributed by atoms with Crippen molar-refractivity contribution in [3.63, 3.8) is 0 Å². The average molecular weight is 442 g/mol. The molecule has 0 heterocycles. The topological polar surface area (TPSA) is 58.2 Å². The Morgan fingerprint density at radius 3 is 2.60 bits per heavy atom. The number of anilines is 1. The lowest BCUT2D eigenvalue weighted by Crippen LogP contribution is -2.31. The number of hydrogen-bond donors (Lipinski definition) is 2. The molecular formula is C18H18BrClN2O2S. The second kappa shape index (κ2) is 9.27. The lowest BCUT2D eigenvalue weighted by molar-refractivity contribution is -0.119. The first-order chi connectivity index (χ1) is 11.9. The molecule has 132 valence electrons. The third-order valence-electron chi connectivity index (χ3n) is 3.12. The number of carbonyl (C=O) groups excluding carboxylic acids is 2. The molecule has 2 N–H and O–H groups in total. The van der Waals surface area contributed by atoms with Crippen LogP contribution in [0.4, 0.5) is 5.69 Å². The number of nitrogens with one attached hydrogen (secondary N) is 2. The van der Waals surface area contributed by atoms with E-state index < -0.39 is 0 Å². The summed E-state index contributed by atoms with van der Waals surface area (Å²) in [5.41, 5.74) is 1.04. The van der Waals surface area contributed by atoms with Crippen LogP contribution < -0.4 is 10.6 Å². The SMILES string of the molecule is CC(C)NC(=O)CSc1ccccc1C(=O)Nc1ccc(Br)cc1Cl. The van der Waals surface area contributed by atoms with Gasteiger partial charge in [0.1, 0.15) is 0 Å². The van der Waals surface area contributed by atoms with E-state index in [9.17, 15) is 9.59 Å². The summed E-state index contributed by atoms with van der Waals surface area (Å²) in [4.78, 5) is 25.2. The normalized spacial score (nSPS) is 10.6. The molecule has 0 bridgehead atoms. The van der Waals surface area contributed by atoms with Crippen molar-refractivity contribution < 1.29 is 9.59 Å². The molecule has 0 unspecified atom stereocenters. The fraction of sp³-hybridized carbons (Fsp3) is 0.222. The molecule has 0 spiro atoms. The van der Waals surface area contributed by atoms with Crippen molar-refractivity contribution in [3.8, 4) is 0 Å². The Labute approximate surface area is 164 Å². The van der Waals surface area contributed by atoms with Crippen molar-refractivity contribution in [1.29, 1.82) is 0 Å². The minimum absolute atomic E-state index is 0.0637. The maximum absolute atomic E-state index is 12.6. The van der Waals surface area contributed by atoms with Crippen LogP contribution in [0.15, 0.2) is 51.8 Å². The summed E-state index contributed by atoms with van der Waals surface area (Å²) >= 11 is 10.8. The summed E-state index contributed by atoms with van der Waals surface area (Å²) in [6.07, 6.45) is 0. The fourth-order valence-corrected chi connectivity index (χ4v) is 3.65. The lowest BCUT2D eigenvalue weighted by Gasteiger charge is -2.12. The number of thioether (sulfide) groups is 1. The summed E-state index contributed by atoms with van der Waals surface area (Å²) in [6.45, 7) is 3.82. The van der Waals surface area contributed by atoms with Crippen molar-refractivity contribution in [2.45, 2.75) is 24.8 Å². The van der Waals surface area contributed by atoms with Crippen LogP contribution in [0.2, 0.25) is 5.02 Å². The van der Waals surface area contributed by atoms with Crippen LogP contribution >= 0.6 is 39.3 Å². The molecule has 0 aromatic heterocycles. The monoisotopic (exact) mass is 440 g/mol. The molecule has 4 nitrogen and oxygen atoms in total. The van der Waals surface area contributed by atoms with Gasteiger partial charge in [-0.2, -0.15) is 0 Å². The summed E-state index contributed by atoms with van der Waals surface area (Å²) in [5.74, 6) is -0.0793. The van der Waals surface area contributed by atoms with E-state index in [-0.39, 0.29) is 23.6 Å². The smallest absolute Gasteiger partial charge is 0.256 e. The van der Waals surface area contributed by atoms with Gasteiger partial charge in [-0.1, -0.05) is 39.7 Å². The molecule has 0 aliphatic rings. The first-order valence-electron chi connectivity index (χ1n) is 7.64. The van der Waals surface area contributed by atoms with Gasteiger partial charge < -0.3 is 10.6 Å². The van der Waals surface area contributed by atoms with Crippen molar-refractivity contribution in [1.82, 2.24) is 5.32 Å². The summed E-state index contributed by atoms with van der Waals surface area (Å²) in [7, 11) is 0. The molecule has 0 aliphatic carbocycles. The first kappa shape index (κ1) is 19.8. The predicted molar refractivity (Wildman–Crippen MR) is 108 cm³/mol. The predicted octanol–water partition coefficient (Wildman–Crippen LogP) is 4.97. The molecule has 0 fully saturated rings. The number of hydrogen-bond acceptors (Lipinski definition) is 3. The van der Waals surface area contributed by atoms with Crippen molar-refractivity contribution in [2.75, 3.05) is 11.1 Å². The van der Waals surface area contributed by atoms with E-state index in [0.717, 1.165) is 9.37 Å². The average Bonchev–Trinajstić information content (AvgIpc) is 2.55. The lowest BCUT2D eigenvalue weighted by atomic mass is 10.2. The van der Waals surface area contributed by atoms with Crippen LogP contribution in [0, 0.1) is 0 Å². The highest BCUT2D eigenvalue weighted by Crippen LogP contribution is 2.28. The summed E-state index contributed by atoms with van der Waals surface area (Å²) in [6, 6.07) is 12.5. The van der Waals surface area contributed by atoms with Gasteiger partial charge in [0.2, 0.25) is 5.91 Å². The Kier molecular flexibility index (Phi) is 7.35. The molecule has 7 heteroatoms. The molecule has 25 heavy (non-hydrogen) atoms. The van der Waals surface area contributed by atoms with Crippen LogP contribution in [0.5, 0.6) is 0 Å². The van der Waals surface area contributed by atoms with E-state index in [2.05, 4.69) is 26.6 Å². The van der Waals surface area contributed by atoms with Crippen molar-refractivity contribution >= 4 is 56.8 Å². The maximum Gasteiger partial charge on any atom is 0.256 e. The molecule has 2 aromatic rings. The number of rotatable bonds is 6. The first-order valence-corrected chi connectivity index (χ1v) is 9.80. The Morgan fingerprint density at radius 1 is 1.20 bits per heavy atom. The third kappa shape index (κ3) is 6.06. The highest BCUT2D eigenvalue weighted by molar-refractivity contribution is 9.10. The second-order valence-corrected chi connectivity index (χ2v) is 7.93. The Hall–Kier alpha value is -1.50. The van der Waals surface area contributed by atoms with Gasteiger partial charge in [-0.15, -0.1) is 11.8 Å². The standard InChI is InChI=1S/C18H18BrClN2O2S/c1-11(2)21-17(23)10-25-16-6-4-3-5-13(16)18(24)22-15-8-7-12(19)9-14(15)20/h3-9,11H,10H2,1-2H3,(H,21,23)(H,22,24). The zero-order valence-corrected chi connectivity index (χ0v) is 17.0. The second-order valence-electron chi connectivity index (χ2n) is 5.59. The number of amides is 2. The molecule has 2 aromatic carbocycles. The highest BCUT2D eigenvalue weighted by Gasteiger charge is 2.14. The molecule has 0 aliphatic heterocycles. The number of carbonyl (C=O) groups is 2. The Bertz CT molecular complexity index is 783. The quantitative estimate of drug-likeness (QED) is 0.622. The molecule has 0 radical (unpaired) electrons. The highest BCUT2D eigenvalue weighted by atomic mass is 79.9. The zero-order valence-electron chi connectivity index (χ0n) is 13.8. The minimum Gasteiger partial charge on any atom is -0.353 e. The van der Waals surface area contributed by atoms with Gasteiger partial charge in [-0.3, -0.25) is 9.59 Å². The zero-order chi connectivity index (χ0) is 18.4.